The maximum atomic E-state index is 13.0. The average Bonchev–Trinajstić information content (AvgIpc) is 2.69. The SMILES string of the molecule is Cc1ccc(OC(=O)C[C@]2(C)CCC[C@]3(C)c4ccc(C(C)C)cc4CC[C@@H]23)c(C)c1. The summed E-state index contributed by atoms with van der Waals surface area (Å²) in [5.41, 5.74) is 6.85. The highest BCUT2D eigenvalue weighted by atomic mass is 16.5. The van der Waals surface area contributed by atoms with Gasteiger partial charge in [-0.3, -0.25) is 4.79 Å². The van der Waals surface area contributed by atoms with Crippen LogP contribution in [-0.4, -0.2) is 5.97 Å². The number of ether oxygens (including phenoxy) is 1. The summed E-state index contributed by atoms with van der Waals surface area (Å²) in [7, 11) is 0. The number of fused-ring (bicyclic) bond motifs is 3. The fourth-order valence-electron chi connectivity index (χ4n) is 6.62. The molecule has 0 bridgehead atoms. The first kappa shape index (κ1) is 22.1. The summed E-state index contributed by atoms with van der Waals surface area (Å²) >= 11 is 0. The van der Waals surface area contributed by atoms with Crippen molar-refractivity contribution in [1.29, 1.82) is 0 Å². The lowest BCUT2D eigenvalue weighted by Gasteiger charge is -2.55. The summed E-state index contributed by atoms with van der Waals surface area (Å²) in [5, 5.41) is 0. The molecule has 2 aliphatic carbocycles. The van der Waals surface area contributed by atoms with Crippen LogP contribution in [0.15, 0.2) is 36.4 Å². The zero-order valence-corrected chi connectivity index (χ0v) is 20.2. The Bertz CT molecular complexity index is 988. The van der Waals surface area contributed by atoms with Crippen molar-refractivity contribution in [2.24, 2.45) is 11.3 Å². The first-order valence-electron chi connectivity index (χ1n) is 12.0. The van der Waals surface area contributed by atoms with Crippen molar-refractivity contribution in [3.8, 4) is 5.75 Å². The van der Waals surface area contributed by atoms with Gasteiger partial charge in [-0.1, -0.05) is 70.0 Å². The topological polar surface area (TPSA) is 26.3 Å². The van der Waals surface area contributed by atoms with Crippen molar-refractivity contribution in [1.82, 2.24) is 0 Å². The lowest BCUT2D eigenvalue weighted by molar-refractivity contribution is -0.139. The molecule has 2 aromatic carbocycles. The third-order valence-corrected chi connectivity index (χ3v) is 8.27. The van der Waals surface area contributed by atoms with Gasteiger partial charge in [0.25, 0.3) is 0 Å². The van der Waals surface area contributed by atoms with Crippen molar-refractivity contribution >= 4 is 5.97 Å². The Morgan fingerprint density at radius 2 is 1.87 bits per heavy atom. The lowest BCUT2D eigenvalue weighted by atomic mass is 9.49. The minimum absolute atomic E-state index is 0.0168. The molecule has 0 amide bonds. The molecule has 2 nitrogen and oxygen atoms in total. The molecule has 2 aromatic rings. The van der Waals surface area contributed by atoms with Gasteiger partial charge in [-0.25, -0.2) is 0 Å². The predicted molar refractivity (Wildman–Crippen MR) is 128 cm³/mol. The van der Waals surface area contributed by atoms with Crippen molar-refractivity contribution in [2.45, 2.75) is 91.4 Å². The maximum Gasteiger partial charge on any atom is 0.311 e. The molecule has 31 heavy (non-hydrogen) atoms. The van der Waals surface area contributed by atoms with Crippen LogP contribution in [0, 0.1) is 25.2 Å². The van der Waals surface area contributed by atoms with E-state index in [9.17, 15) is 4.79 Å². The van der Waals surface area contributed by atoms with Gasteiger partial charge < -0.3 is 4.74 Å². The van der Waals surface area contributed by atoms with Gasteiger partial charge in [0, 0.05) is 0 Å². The number of hydrogen-bond acceptors (Lipinski definition) is 2. The highest BCUT2D eigenvalue weighted by molar-refractivity contribution is 5.73. The van der Waals surface area contributed by atoms with Crippen molar-refractivity contribution in [2.75, 3.05) is 0 Å². The lowest BCUT2D eigenvalue weighted by Crippen LogP contribution is -2.50. The van der Waals surface area contributed by atoms with Crippen LogP contribution >= 0.6 is 0 Å². The summed E-state index contributed by atoms with van der Waals surface area (Å²) in [6.45, 7) is 13.4. The van der Waals surface area contributed by atoms with Crippen LogP contribution in [0.4, 0.5) is 0 Å². The molecule has 0 spiro atoms. The molecule has 1 saturated carbocycles. The van der Waals surface area contributed by atoms with E-state index >= 15 is 0 Å². The zero-order chi connectivity index (χ0) is 22.4. The molecule has 0 aromatic heterocycles. The largest absolute Gasteiger partial charge is 0.426 e. The third-order valence-electron chi connectivity index (χ3n) is 8.27. The van der Waals surface area contributed by atoms with Crippen LogP contribution in [0.3, 0.4) is 0 Å². The van der Waals surface area contributed by atoms with E-state index < -0.39 is 0 Å². The average molecular weight is 419 g/mol. The Hall–Kier alpha value is -2.09. The Morgan fingerprint density at radius 1 is 1.10 bits per heavy atom. The molecule has 0 aliphatic heterocycles. The number of hydrogen-bond donors (Lipinski definition) is 0. The number of carbonyl (C=O) groups is 1. The number of rotatable bonds is 4. The predicted octanol–water partition coefficient (Wildman–Crippen LogP) is 7.43. The fraction of sp³-hybridized carbons (Fsp3) is 0.552. The van der Waals surface area contributed by atoms with Gasteiger partial charge in [0.1, 0.15) is 5.75 Å². The number of carbonyl (C=O) groups excluding carboxylic acids is 1. The van der Waals surface area contributed by atoms with Crippen LogP contribution in [0.25, 0.3) is 0 Å². The van der Waals surface area contributed by atoms with E-state index in [0.717, 1.165) is 18.4 Å². The zero-order valence-electron chi connectivity index (χ0n) is 20.2. The molecular formula is C29H38O2. The number of benzene rings is 2. The molecule has 0 saturated heterocycles. The second-order valence-corrected chi connectivity index (χ2v) is 11.0. The summed E-state index contributed by atoms with van der Waals surface area (Å²) in [4.78, 5) is 13.0. The summed E-state index contributed by atoms with van der Waals surface area (Å²) in [5.74, 6) is 1.69. The molecule has 0 unspecified atom stereocenters. The highest BCUT2D eigenvalue weighted by Gasteiger charge is 2.52. The smallest absolute Gasteiger partial charge is 0.311 e. The Labute approximate surface area is 188 Å². The monoisotopic (exact) mass is 418 g/mol. The first-order valence-corrected chi connectivity index (χ1v) is 12.0. The van der Waals surface area contributed by atoms with E-state index in [4.69, 9.17) is 4.74 Å². The number of aryl methyl sites for hydroxylation is 3. The van der Waals surface area contributed by atoms with Gasteiger partial charge in [-0.05, 0) is 90.5 Å². The third kappa shape index (κ3) is 4.06. The number of esters is 1. The van der Waals surface area contributed by atoms with Gasteiger partial charge in [0.2, 0.25) is 0 Å². The summed E-state index contributed by atoms with van der Waals surface area (Å²) in [6, 6.07) is 13.2. The fourth-order valence-corrected chi connectivity index (χ4v) is 6.62. The van der Waals surface area contributed by atoms with Crippen LogP contribution < -0.4 is 4.74 Å². The molecule has 0 heterocycles. The van der Waals surface area contributed by atoms with Crippen LogP contribution in [0.2, 0.25) is 0 Å². The molecule has 1 fully saturated rings. The molecule has 4 rings (SSSR count). The molecule has 3 atom stereocenters. The second kappa shape index (κ2) is 8.11. The standard InChI is InChI=1S/C29H38O2/c1-19(2)22-9-11-24-23(17-22)10-13-26-28(5,14-7-15-29(24,26)6)18-27(30)31-25-12-8-20(3)16-21(25)4/h8-9,11-12,16-17,19,26H,7,10,13-15,18H2,1-6H3/t26-,28-,29+/m0/s1. The van der Waals surface area contributed by atoms with E-state index in [1.165, 1.54) is 41.5 Å². The van der Waals surface area contributed by atoms with Crippen LogP contribution in [0.5, 0.6) is 5.75 Å². The molecule has 166 valence electrons. The van der Waals surface area contributed by atoms with E-state index in [1.807, 2.05) is 19.1 Å². The second-order valence-electron chi connectivity index (χ2n) is 11.0. The maximum absolute atomic E-state index is 13.0. The van der Waals surface area contributed by atoms with Crippen molar-refractivity contribution in [3.63, 3.8) is 0 Å². The van der Waals surface area contributed by atoms with Crippen LogP contribution in [0.1, 0.15) is 93.5 Å². The molecule has 2 heteroatoms. The van der Waals surface area contributed by atoms with Gasteiger partial charge >= 0.3 is 5.97 Å². The first-order chi connectivity index (χ1) is 14.6. The van der Waals surface area contributed by atoms with Crippen molar-refractivity contribution in [3.05, 3.63) is 64.2 Å². The van der Waals surface area contributed by atoms with Crippen molar-refractivity contribution < 1.29 is 9.53 Å². The molecule has 0 N–H and O–H groups in total. The van der Waals surface area contributed by atoms with Crippen LogP contribution in [-0.2, 0) is 16.6 Å². The Kier molecular flexibility index (Phi) is 5.79. The Morgan fingerprint density at radius 3 is 2.58 bits per heavy atom. The van der Waals surface area contributed by atoms with E-state index in [0.29, 0.717) is 24.0 Å². The van der Waals surface area contributed by atoms with Gasteiger partial charge in [0.05, 0.1) is 6.42 Å². The van der Waals surface area contributed by atoms with Gasteiger partial charge in [0.15, 0.2) is 0 Å². The summed E-state index contributed by atoms with van der Waals surface area (Å²) < 4.78 is 5.85. The molecular weight excluding hydrogens is 380 g/mol. The molecule has 2 aliphatic rings. The normalized spacial score (nSPS) is 27.5. The highest BCUT2D eigenvalue weighted by Crippen LogP contribution is 2.58. The van der Waals surface area contributed by atoms with E-state index in [1.54, 1.807) is 0 Å². The Balaban J connectivity index is 1.57. The van der Waals surface area contributed by atoms with E-state index in [2.05, 4.69) is 58.9 Å². The van der Waals surface area contributed by atoms with Gasteiger partial charge in [-0.2, -0.15) is 0 Å². The quantitative estimate of drug-likeness (QED) is 0.381. The van der Waals surface area contributed by atoms with Gasteiger partial charge in [-0.15, -0.1) is 0 Å². The minimum Gasteiger partial charge on any atom is -0.426 e. The molecule has 0 radical (unpaired) electrons. The summed E-state index contributed by atoms with van der Waals surface area (Å²) in [6.07, 6.45) is 6.28. The minimum atomic E-state index is -0.0837. The van der Waals surface area contributed by atoms with E-state index in [-0.39, 0.29) is 16.8 Å².